The van der Waals surface area contributed by atoms with Crippen molar-refractivity contribution >= 4 is 0 Å². The van der Waals surface area contributed by atoms with Crippen LogP contribution in [0.2, 0.25) is 0 Å². The fraction of sp³-hybridized carbons (Fsp3) is 1.00. The maximum Gasteiger partial charge on any atom is 0.00483 e. The van der Waals surface area contributed by atoms with Crippen molar-refractivity contribution in [1.29, 1.82) is 0 Å². The summed E-state index contributed by atoms with van der Waals surface area (Å²) in [6.07, 6.45) is 6.61. The Hall–Kier alpha value is -0.0800. The molecule has 0 heterocycles. The Balaban J connectivity index is 1.99. The van der Waals surface area contributed by atoms with E-state index >= 15 is 0 Å². The molecule has 0 aromatic heterocycles. The summed E-state index contributed by atoms with van der Waals surface area (Å²) in [6.45, 7) is 4.62. The summed E-state index contributed by atoms with van der Waals surface area (Å²) in [7, 11) is 2.22. The minimum atomic E-state index is 0.406. The van der Waals surface area contributed by atoms with Gasteiger partial charge >= 0.3 is 0 Å². The van der Waals surface area contributed by atoms with Gasteiger partial charge in [-0.2, -0.15) is 0 Å². The van der Waals surface area contributed by atoms with Crippen molar-refractivity contribution in [1.82, 2.24) is 4.90 Å². The first-order chi connectivity index (χ1) is 6.22. The van der Waals surface area contributed by atoms with Crippen LogP contribution in [-0.4, -0.2) is 31.1 Å². The molecular weight excluding hydrogens is 160 g/mol. The van der Waals surface area contributed by atoms with Crippen LogP contribution in [-0.2, 0) is 0 Å². The predicted molar refractivity (Wildman–Crippen MR) is 57.7 cm³/mol. The number of rotatable bonds is 6. The van der Waals surface area contributed by atoms with Gasteiger partial charge < -0.3 is 10.6 Å². The lowest BCUT2D eigenvalue weighted by molar-refractivity contribution is 0.201. The third-order valence-electron chi connectivity index (χ3n) is 3.20. The summed E-state index contributed by atoms with van der Waals surface area (Å²) in [5.74, 6) is 0.989. The number of nitrogens with two attached hydrogens (primary N) is 1. The zero-order chi connectivity index (χ0) is 9.68. The SMILES string of the molecule is CCC(N)CCN(C)CC1CCC1. The highest BCUT2D eigenvalue weighted by molar-refractivity contribution is 4.73. The first-order valence-corrected chi connectivity index (χ1v) is 5.66. The van der Waals surface area contributed by atoms with E-state index in [9.17, 15) is 0 Å². The molecule has 0 aromatic rings. The van der Waals surface area contributed by atoms with Crippen LogP contribution in [0.3, 0.4) is 0 Å². The van der Waals surface area contributed by atoms with Crippen molar-refractivity contribution in [3.8, 4) is 0 Å². The zero-order valence-corrected chi connectivity index (χ0v) is 9.13. The van der Waals surface area contributed by atoms with Crippen LogP contribution in [0.25, 0.3) is 0 Å². The van der Waals surface area contributed by atoms with E-state index in [1.165, 1.54) is 32.4 Å². The topological polar surface area (TPSA) is 29.3 Å². The van der Waals surface area contributed by atoms with E-state index < -0.39 is 0 Å². The van der Waals surface area contributed by atoms with Gasteiger partial charge in [0.05, 0.1) is 0 Å². The van der Waals surface area contributed by atoms with E-state index in [4.69, 9.17) is 5.73 Å². The van der Waals surface area contributed by atoms with Gasteiger partial charge in [0.25, 0.3) is 0 Å². The molecule has 1 fully saturated rings. The third kappa shape index (κ3) is 4.10. The van der Waals surface area contributed by atoms with Gasteiger partial charge in [-0.1, -0.05) is 13.3 Å². The molecule has 2 heteroatoms. The van der Waals surface area contributed by atoms with Gasteiger partial charge in [-0.05, 0) is 45.2 Å². The van der Waals surface area contributed by atoms with Crippen LogP contribution < -0.4 is 5.73 Å². The van der Waals surface area contributed by atoms with Crippen molar-refractivity contribution in [2.75, 3.05) is 20.1 Å². The van der Waals surface area contributed by atoms with E-state index in [1.807, 2.05) is 0 Å². The lowest BCUT2D eigenvalue weighted by atomic mass is 9.85. The van der Waals surface area contributed by atoms with Gasteiger partial charge in [0.1, 0.15) is 0 Å². The normalized spacial score (nSPS) is 20.3. The minimum Gasteiger partial charge on any atom is -0.328 e. The van der Waals surface area contributed by atoms with Gasteiger partial charge in [0, 0.05) is 12.6 Å². The lowest BCUT2D eigenvalue weighted by Gasteiger charge is -2.30. The molecule has 1 rings (SSSR count). The Bertz CT molecular complexity index is 132. The standard InChI is InChI=1S/C11H24N2/c1-3-11(12)7-8-13(2)9-10-5-4-6-10/h10-11H,3-9,12H2,1-2H3. The monoisotopic (exact) mass is 184 g/mol. The average molecular weight is 184 g/mol. The van der Waals surface area contributed by atoms with Crippen molar-refractivity contribution in [3.05, 3.63) is 0 Å². The zero-order valence-electron chi connectivity index (χ0n) is 9.13. The highest BCUT2D eigenvalue weighted by Gasteiger charge is 2.18. The Morgan fingerprint density at radius 3 is 2.62 bits per heavy atom. The molecule has 1 atom stereocenters. The summed E-state index contributed by atoms with van der Waals surface area (Å²) in [4.78, 5) is 2.44. The van der Waals surface area contributed by atoms with Gasteiger partial charge in [-0.25, -0.2) is 0 Å². The highest BCUT2D eigenvalue weighted by Crippen LogP contribution is 2.26. The molecule has 0 aromatic carbocycles. The van der Waals surface area contributed by atoms with Crippen molar-refractivity contribution in [2.24, 2.45) is 11.7 Å². The van der Waals surface area contributed by atoms with Gasteiger partial charge in [-0.3, -0.25) is 0 Å². The van der Waals surface area contributed by atoms with Crippen LogP contribution in [0.1, 0.15) is 39.0 Å². The Morgan fingerprint density at radius 2 is 2.15 bits per heavy atom. The van der Waals surface area contributed by atoms with Gasteiger partial charge in [0.2, 0.25) is 0 Å². The van der Waals surface area contributed by atoms with E-state index in [1.54, 1.807) is 0 Å². The van der Waals surface area contributed by atoms with E-state index in [2.05, 4.69) is 18.9 Å². The molecule has 1 aliphatic carbocycles. The molecule has 0 amide bonds. The first kappa shape index (κ1) is 11.0. The van der Waals surface area contributed by atoms with Crippen molar-refractivity contribution < 1.29 is 0 Å². The maximum absolute atomic E-state index is 5.87. The molecule has 1 unspecified atom stereocenters. The van der Waals surface area contributed by atoms with Crippen LogP contribution in [0.4, 0.5) is 0 Å². The molecule has 1 aliphatic rings. The minimum absolute atomic E-state index is 0.406. The Morgan fingerprint density at radius 1 is 1.46 bits per heavy atom. The molecule has 2 N–H and O–H groups in total. The van der Waals surface area contributed by atoms with E-state index in [0.717, 1.165) is 18.8 Å². The molecule has 0 spiro atoms. The van der Waals surface area contributed by atoms with E-state index in [0.29, 0.717) is 6.04 Å². The third-order valence-corrected chi connectivity index (χ3v) is 3.20. The fourth-order valence-electron chi connectivity index (χ4n) is 1.80. The summed E-state index contributed by atoms with van der Waals surface area (Å²) < 4.78 is 0. The quantitative estimate of drug-likeness (QED) is 0.682. The molecule has 2 nitrogen and oxygen atoms in total. The number of hydrogen-bond acceptors (Lipinski definition) is 2. The maximum atomic E-state index is 5.87. The van der Waals surface area contributed by atoms with Crippen molar-refractivity contribution in [2.45, 2.75) is 45.1 Å². The second-order valence-corrected chi connectivity index (χ2v) is 4.52. The molecule has 0 bridgehead atoms. The molecule has 13 heavy (non-hydrogen) atoms. The summed E-state index contributed by atoms with van der Waals surface area (Å²) in [6, 6.07) is 0.406. The molecule has 1 saturated carbocycles. The molecule has 0 radical (unpaired) electrons. The van der Waals surface area contributed by atoms with E-state index in [-0.39, 0.29) is 0 Å². The van der Waals surface area contributed by atoms with Crippen LogP contribution in [0.5, 0.6) is 0 Å². The average Bonchev–Trinajstić information content (AvgIpc) is 2.07. The lowest BCUT2D eigenvalue weighted by Crippen LogP contribution is -2.33. The molecule has 78 valence electrons. The Labute approximate surface area is 82.5 Å². The summed E-state index contributed by atoms with van der Waals surface area (Å²) >= 11 is 0. The van der Waals surface area contributed by atoms with Crippen molar-refractivity contribution in [3.63, 3.8) is 0 Å². The summed E-state index contributed by atoms with van der Waals surface area (Å²) in [5.41, 5.74) is 5.87. The second kappa shape index (κ2) is 5.61. The fourth-order valence-corrected chi connectivity index (χ4v) is 1.80. The Kier molecular flexibility index (Phi) is 4.74. The van der Waals surface area contributed by atoms with Crippen LogP contribution >= 0.6 is 0 Å². The molecule has 0 aliphatic heterocycles. The van der Waals surface area contributed by atoms with Crippen LogP contribution in [0, 0.1) is 5.92 Å². The molecule has 0 saturated heterocycles. The van der Waals surface area contributed by atoms with Crippen LogP contribution in [0.15, 0.2) is 0 Å². The number of hydrogen-bond donors (Lipinski definition) is 1. The van der Waals surface area contributed by atoms with Gasteiger partial charge in [0.15, 0.2) is 0 Å². The summed E-state index contributed by atoms with van der Waals surface area (Å²) in [5, 5.41) is 0. The predicted octanol–water partition coefficient (Wildman–Crippen LogP) is 1.85. The highest BCUT2D eigenvalue weighted by atomic mass is 15.1. The smallest absolute Gasteiger partial charge is 0.00483 e. The largest absolute Gasteiger partial charge is 0.328 e. The number of nitrogens with zero attached hydrogens (tertiary/aromatic N) is 1. The second-order valence-electron chi connectivity index (χ2n) is 4.52. The molecular formula is C11H24N2. The first-order valence-electron chi connectivity index (χ1n) is 5.66. The van der Waals surface area contributed by atoms with Gasteiger partial charge in [-0.15, -0.1) is 0 Å².